The summed E-state index contributed by atoms with van der Waals surface area (Å²) in [5.74, 6) is -0.209. The molecule has 0 saturated heterocycles. The molecule has 0 unspecified atom stereocenters. The number of hydrogen-bond donors (Lipinski definition) is 0. The Bertz CT molecular complexity index is 379. The van der Waals surface area contributed by atoms with E-state index in [9.17, 15) is 4.79 Å². The van der Waals surface area contributed by atoms with E-state index >= 15 is 0 Å². The van der Waals surface area contributed by atoms with Crippen LogP contribution >= 0.6 is 0 Å². The number of nitrogens with zero attached hydrogens (tertiary/aromatic N) is 1. The molecule has 0 aromatic carbocycles. The molecule has 0 spiro atoms. The molecule has 74 valence electrons. The van der Waals surface area contributed by atoms with Gasteiger partial charge in [-0.05, 0) is 20.8 Å². The molecule has 1 aliphatic heterocycles. The van der Waals surface area contributed by atoms with Gasteiger partial charge in [0.15, 0.2) is 0 Å². The lowest BCUT2D eigenvalue weighted by Crippen LogP contribution is -2.62. The maximum atomic E-state index is 11.2. The van der Waals surface area contributed by atoms with Crippen LogP contribution in [0.15, 0.2) is 11.6 Å². The van der Waals surface area contributed by atoms with Crippen LogP contribution in [-0.2, 0) is 9.53 Å². The lowest BCUT2D eigenvalue weighted by atomic mass is 9.50. The van der Waals surface area contributed by atoms with Gasteiger partial charge in [0, 0.05) is 18.4 Å². The predicted octanol–water partition coefficient (Wildman–Crippen LogP) is 1.80. The fourth-order valence-electron chi connectivity index (χ4n) is 3.19. The highest BCUT2D eigenvalue weighted by atomic mass is 16.6. The number of ether oxygens (including phenoxy) is 1. The minimum Gasteiger partial charge on any atom is -0.455 e. The second-order valence-corrected chi connectivity index (χ2v) is 4.76. The highest BCUT2D eigenvalue weighted by Crippen LogP contribution is 2.59. The molecule has 0 N–H and O–H groups in total. The first-order valence-electron chi connectivity index (χ1n) is 4.74. The van der Waals surface area contributed by atoms with Gasteiger partial charge in [-0.25, -0.2) is 4.79 Å². The minimum atomic E-state index is -0.444. The number of fused-ring (bicyclic) bond motifs is 1. The molecule has 3 heteroatoms. The summed E-state index contributed by atoms with van der Waals surface area (Å²) in [5, 5.41) is 9.06. The lowest BCUT2D eigenvalue weighted by molar-refractivity contribution is -0.193. The summed E-state index contributed by atoms with van der Waals surface area (Å²) >= 11 is 0. The molecule has 0 aromatic heterocycles. The molecule has 1 heterocycles. The largest absolute Gasteiger partial charge is 0.455 e. The highest BCUT2D eigenvalue weighted by molar-refractivity contribution is 5.85. The van der Waals surface area contributed by atoms with Crippen molar-refractivity contribution >= 4 is 5.97 Å². The quantitative estimate of drug-likeness (QED) is 0.548. The number of rotatable bonds is 0. The van der Waals surface area contributed by atoms with Crippen LogP contribution in [0, 0.1) is 22.7 Å². The van der Waals surface area contributed by atoms with Crippen molar-refractivity contribution in [2.75, 3.05) is 0 Å². The van der Waals surface area contributed by atoms with Crippen molar-refractivity contribution in [3.05, 3.63) is 11.6 Å². The zero-order chi connectivity index (χ0) is 10.6. The summed E-state index contributed by atoms with van der Waals surface area (Å²) < 4.78 is 5.27. The summed E-state index contributed by atoms with van der Waals surface area (Å²) in [5.41, 5.74) is 0.162. The molecular formula is C11H13NO2. The minimum absolute atomic E-state index is 0.0673. The van der Waals surface area contributed by atoms with E-state index in [0.29, 0.717) is 6.42 Å². The maximum absolute atomic E-state index is 11.2. The molecule has 0 amide bonds. The van der Waals surface area contributed by atoms with Gasteiger partial charge >= 0.3 is 5.97 Å². The molecule has 0 aromatic rings. The van der Waals surface area contributed by atoms with E-state index in [1.807, 2.05) is 20.8 Å². The summed E-state index contributed by atoms with van der Waals surface area (Å²) in [4.78, 5) is 11.2. The first-order chi connectivity index (χ1) is 6.41. The van der Waals surface area contributed by atoms with E-state index in [4.69, 9.17) is 10.00 Å². The average Bonchev–Trinajstić information content (AvgIpc) is 1.99. The maximum Gasteiger partial charge on any atom is 0.331 e. The smallest absolute Gasteiger partial charge is 0.331 e. The molecular weight excluding hydrogens is 178 g/mol. The zero-order valence-corrected chi connectivity index (χ0v) is 8.63. The summed E-state index contributed by atoms with van der Waals surface area (Å²) in [7, 11) is 0. The fourth-order valence-corrected chi connectivity index (χ4v) is 3.19. The van der Waals surface area contributed by atoms with Crippen LogP contribution in [-0.4, -0.2) is 11.6 Å². The van der Waals surface area contributed by atoms with Gasteiger partial charge in [0.1, 0.15) is 5.60 Å². The van der Waals surface area contributed by atoms with Crippen LogP contribution in [0.4, 0.5) is 0 Å². The Morgan fingerprint density at radius 2 is 2.29 bits per heavy atom. The van der Waals surface area contributed by atoms with Crippen molar-refractivity contribution in [1.82, 2.24) is 0 Å². The zero-order valence-electron chi connectivity index (χ0n) is 8.63. The van der Waals surface area contributed by atoms with Gasteiger partial charge in [0.05, 0.1) is 11.5 Å². The van der Waals surface area contributed by atoms with Crippen LogP contribution in [0.2, 0.25) is 0 Å². The van der Waals surface area contributed by atoms with Crippen LogP contribution in [0.5, 0.6) is 0 Å². The fraction of sp³-hybridized carbons (Fsp3) is 0.636. The first kappa shape index (κ1) is 9.26. The van der Waals surface area contributed by atoms with Gasteiger partial charge in [-0.1, -0.05) is 5.57 Å². The third-order valence-electron chi connectivity index (χ3n) is 3.36. The van der Waals surface area contributed by atoms with E-state index in [1.165, 1.54) is 6.08 Å². The monoisotopic (exact) mass is 191 g/mol. The highest BCUT2D eigenvalue weighted by Gasteiger charge is 2.63. The molecule has 3 atom stereocenters. The molecule has 0 radical (unpaired) electrons. The Labute approximate surface area is 83.4 Å². The third-order valence-corrected chi connectivity index (χ3v) is 3.36. The van der Waals surface area contributed by atoms with Crippen LogP contribution in [0.25, 0.3) is 0 Å². The molecule has 14 heavy (non-hydrogen) atoms. The lowest BCUT2D eigenvalue weighted by Gasteiger charge is -2.57. The molecule has 2 aliphatic rings. The number of nitriles is 1. The van der Waals surface area contributed by atoms with E-state index in [-0.39, 0.29) is 17.3 Å². The molecule has 0 bridgehead atoms. The van der Waals surface area contributed by atoms with Crippen molar-refractivity contribution in [3.8, 4) is 6.07 Å². The van der Waals surface area contributed by atoms with Crippen molar-refractivity contribution < 1.29 is 9.53 Å². The first-order valence-corrected chi connectivity index (χ1v) is 4.74. The van der Waals surface area contributed by atoms with E-state index in [2.05, 4.69) is 6.07 Å². The number of carbonyl (C=O) groups is 1. The molecule has 1 fully saturated rings. The Hall–Kier alpha value is -1.30. The Kier molecular flexibility index (Phi) is 1.58. The second kappa shape index (κ2) is 2.38. The Morgan fingerprint density at radius 1 is 1.64 bits per heavy atom. The molecule has 1 saturated carbocycles. The number of carbonyl (C=O) groups excluding carboxylic acids is 1. The number of hydrogen-bond acceptors (Lipinski definition) is 3. The van der Waals surface area contributed by atoms with Gasteiger partial charge in [-0.2, -0.15) is 5.26 Å². The standard InChI is InChI=1S/C11H13NO2/c1-7-4-8(13)14-11(3)5-10(2,6-12)9(7)11/h4,9H,5H2,1-3H3/t9-,10+,11+/m0/s1. The van der Waals surface area contributed by atoms with Crippen LogP contribution < -0.4 is 0 Å². The van der Waals surface area contributed by atoms with Crippen molar-refractivity contribution in [3.63, 3.8) is 0 Å². The molecule has 3 nitrogen and oxygen atoms in total. The average molecular weight is 191 g/mol. The van der Waals surface area contributed by atoms with Gasteiger partial charge in [-0.15, -0.1) is 0 Å². The molecule has 1 aliphatic carbocycles. The topological polar surface area (TPSA) is 50.1 Å². The summed E-state index contributed by atoms with van der Waals surface area (Å²) in [6.07, 6.45) is 2.14. The van der Waals surface area contributed by atoms with E-state index in [1.54, 1.807) is 0 Å². The van der Waals surface area contributed by atoms with Crippen molar-refractivity contribution in [2.24, 2.45) is 11.3 Å². The number of esters is 1. The van der Waals surface area contributed by atoms with Gasteiger partial charge in [-0.3, -0.25) is 0 Å². The van der Waals surface area contributed by atoms with Gasteiger partial charge in [0.2, 0.25) is 0 Å². The summed E-state index contributed by atoms with van der Waals surface area (Å²) in [6, 6.07) is 2.32. The summed E-state index contributed by atoms with van der Waals surface area (Å²) in [6.45, 7) is 5.74. The van der Waals surface area contributed by atoms with Crippen LogP contribution in [0.3, 0.4) is 0 Å². The SMILES string of the molecule is CC1=CC(=O)O[C@]2(C)C[C@](C)(C#N)[C@H]12. The predicted molar refractivity (Wildman–Crippen MR) is 50.1 cm³/mol. The second-order valence-electron chi connectivity index (χ2n) is 4.76. The van der Waals surface area contributed by atoms with Crippen molar-refractivity contribution in [1.29, 1.82) is 5.26 Å². The Morgan fingerprint density at radius 3 is 2.79 bits per heavy atom. The Balaban J connectivity index is 2.42. The van der Waals surface area contributed by atoms with E-state index in [0.717, 1.165) is 5.57 Å². The van der Waals surface area contributed by atoms with E-state index < -0.39 is 5.60 Å². The van der Waals surface area contributed by atoms with Gasteiger partial charge in [0.25, 0.3) is 0 Å². The van der Waals surface area contributed by atoms with Crippen molar-refractivity contribution in [2.45, 2.75) is 32.8 Å². The molecule has 2 rings (SSSR count). The van der Waals surface area contributed by atoms with Gasteiger partial charge < -0.3 is 4.74 Å². The van der Waals surface area contributed by atoms with Crippen LogP contribution in [0.1, 0.15) is 27.2 Å². The normalized spacial score (nSPS) is 45.4. The third kappa shape index (κ3) is 0.942.